The molecule has 31 heavy (non-hydrogen) atoms. The molecule has 5 nitrogen and oxygen atoms in total. The van der Waals surface area contributed by atoms with Crippen LogP contribution in [0.4, 0.5) is 0 Å². The predicted molar refractivity (Wildman–Crippen MR) is 125 cm³/mol. The number of nitrogens with one attached hydrogen (secondary N) is 1. The molecule has 1 N–H and O–H groups in total. The first kappa shape index (κ1) is 23.5. The molecule has 0 saturated carbocycles. The molecule has 1 unspecified atom stereocenters. The van der Waals surface area contributed by atoms with E-state index in [1.807, 2.05) is 6.07 Å². The van der Waals surface area contributed by atoms with E-state index in [1.165, 1.54) is 11.8 Å². The second kappa shape index (κ2) is 10.4. The van der Waals surface area contributed by atoms with Crippen LogP contribution < -0.4 is 9.46 Å². The van der Waals surface area contributed by atoms with Crippen molar-refractivity contribution in [2.75, 3.05) is 6.26 Å². The van der Waals surface area contributed by atoms with Gasteiger partial charge in [-0.15, -0.1) is 11.8 Å². The molecule has 0 aliphatic carbocycles. The number of carbonyl (C=O) groups excluding carboxylic acids is 1. The molecule has 3 aromatic carbocycles. The molecule has 0 fully saturated rings. The fourth-order valence-electron chi connectivity index (χ4n) is 2.71. The Morgan fingerprint density at radius 2 is 1.58 bits per heavy atom. The smallest absolute Gasteiger partial charge is 0.251 e. The zero-order valence-corrected chi connectivity index (χ0v) is 19.6. The van der Waals surface area contributed by atoms with Gasteiger partial charge in [0.1, 0.15) is 17.6 Å². The minimum Gasteiger partial charge on any atom is -0.489 e. The van der Waals surface area contributed by atoms with Crippen molar-refractivity contribution in [2.45, 2.75) is 16.8 Å². The van der Waals surface area contributed by atoms with Crippen molar-refractivity contribution >= 4 is 50.9 Å². The fourth-order valence-corrected chi connectivity index (χ4v) is 4.80. The molecule has 0 saturated heterocycles. The number of hydrogen-bond donors (Lipinski definition) is 1. The molecule has 0 aliphatic rings. The van der Waals surface area contributed by atoms with Crippen molar-refractivity contribution < 1.29 is 17.9 Å². The van der Waals surface area contributed by atoms with E-state index in [1.54, 1.807) is 66.7 Å². The number of sulfonamides is 1. The lowest BCUT2D eigenvalue weighted by molar-refractivity contribution is -0.118. The highest BCUT2D eigenvalue weighted by molar-refractivity contribution is 8.00. The topological polar surface area (TPSA) is 72.5 Å². The van der Waals surface area contributed by atoms with Gasteiger partial charge in [0.05, 0.1) is 6.26 Å². The maximum atomic E-state index is 12.6. The Kier molecular flexibility index (Phi) is 7.89. The molecule has 0 radical (unpaired) electrons. The molecule has 1 amide bonds. The van der Waals surface area contributed by atoms with Gasteiger partial charge in [-0.25, -0.2) is 8.42 Å². The number of rotatable bonds is 8. The van der Waals surface area contributed by atoms with E-state index in [0.717, 1.165) is 11.2 Å². The van der Waals surface area contributed by atoms with Crippen LogP contribution in [0.2, 0.25) is 10.0 Å². The highest BCUT2D eigenvalue weighted by Gasteiger charge is 2.24. The van der Waals surface area contributed by atoms with Crippen LogP contribution in [0, 0.1) is 0 Å². The summed E-state index contributed by atoms with van der Waals surface area (Å²) in [6.45, 7) is 0.217. The Hall–Kier alpha value is -2.19. The van der Waals surface area contributed by atoms with Crippen molar-refractivity contribution in [3.05, 3.63) is 94.0 Å². The first-order chi connectivity index (χ1) is 14.7. The SMILES string of the molecule is CS(=O)(=O)NC(=O)C(Sc1ccc(OCc2c(Cl)cccc2Cl)cc1)c1ccccc1. The maximum absolute atomic E-state index is 12.6. The first-order valence-electron chi connectivity index (χ1n) is 9.12. The molecule has 0 aliphatic heterocycles. The summed E-state index contributed by atoms with van der Waals surface area (Å²) in [6, 6.07) is 21.4. The van der Waals surface area contributed by atoms with Crippen molar-refractivity contribution in [1.29, 1.82) is 0 Å². The molecule has 0 aromatic heterocycles. The van der Waals surface area contributed by atoms with Gasteiger partial charge in [0.2, 0.25) is 10.0 Å². The van der Waals surface area contributed by atoms with Crippen molar-refractivity contribution in [2.24, 2.45) is 0 Å². The van der Waals surface area contributed by atoms with Crippen LogP contribution in [-0.2, 0) is 21.4 Å². The summed E-state index contributed by atoms with van der Waals surface area (Å²) in [7, 11) is -3.67. The lowest BCUT2D eigenvalue weighted by Crippen LogP contribution is -2.32. The molecule has 0 bridgehead atoms. The van der Waals surface area contributed by atoms with E-state index >= 15 is 0 Å². The molecule has 162 valence electrons. The van der Waals surface area contributed by atoms with Crippen LogP contribution >= 0.6 is 35.0 Å². The predicted octanol–water partition coefficient (Wildman–Crippen LogP) is 5.48. The summed E-state index contributed by atoms with van der Waals surface area (Å²) in [4.78, 5) is 13.4. The van der Waals surface area contributed by atoms with Gasteiger partial charge in [0.25, 0.3) is 5.91 Å². The number of halogens is 2. The number of ether oxygens (including phenoxy) is 1. The van der Waals surface area contributed by atoms with Gasteiger partial charge in [-0.3, -0.25) is 9.52 Å². The minimum atomic E-state index is -3.67. The molecule has 3 rings (SSSR count). The average Bonchev–Trinajstić information content (AvgIpc) is 2.72. The van der Waals surface area contributed by atoms with E-state index in [0.29, 0.717) is 26.9 Å². The molecule has 0 heterocycles. The Morgan fingerprint density at radius 1 is 0.968 bits per heavy atom. The van der Waals surface area contributed by atoms with E-state index in [-0.39, 0.29) is 6.61 Å². The van der Waals surface area contributed by atoms with E-state index in [4.69, 9.17) is 27.9 Å². The van der Waals surface area contributed by atoms with Gasteiger partial charge in [0, 0.05) is 20.5 Å². The summed E-state index contributed by atoms with van der Waals surface area (Å²) in [5.74, 6) is 0.00423. The molecule has 1 atom stereocenters. The van der Waals surface area contributed by atoms with E-state index < -0.39 is 21.2 Å². The Bertz CT molecular complexity index is 1130. The van der Waals surface area contributed by atoms with Crippen LogP contribution in [0.5, 0.6) is 5.75 Å². The maximum Gasteiger partial charge on any atom is 0.251 e. The second-order valence-electron chi connectivity index (χ2n) is 6.61. The molecule has 3 aromatic rings. The van der Waals surface area contributed by atoms with Gasteiger partial charge in [-0.1, -0.05) is 59.6 Å². The minimum absolute atomic E-state index is 0.217. The Labute approximate surface area is 195 Å². The largest absolute Gasteiger partial charge is 0.489 e. The third-order valence-corrected chi connectivity index (χ3v) is 6.70. The molecule has 9 heteroatoms. The summed E-state index contributed by atoms with van der Waals surface area (Å²) in [5, 5.41) is 0.328. The lowest BCUT2D eigenvalue weighted by atomic mass is 10.1. The molecule has 0 spiro atoms. The normalized spacial score (nSPS) is 12.2. The van der Waals surface area contributed by atoms with Gasteiger partial charge in [-0.2, -0.15) is 0 Å². The van der Waals surface area contributed by atoms with Gasteiger partial charge in [0.15, 0.2) is 0 Å². The van der Waals surface area contributed by atoms with Crippen molar-refractivity contribution in [3.8, 4) is 5.75 Å². The first-order valence-corrected chi connectivity index (χ1v) is 12.6. The summed E-state index contributed by atoms with van der Waals surface area (Å²) in [6.07, 6.45) is 0.953. The van der Waals surface area contributed by atoms with Crippen LogP contribution in [0.25, 0.3) is 0 Å². The number of carbonyl (C=O) groups is 1. The lowest BCUT2D eigenvalue weighted by Gasteiger charge is -2.16. The number of thioether (sulfide) groups is 1. The van der Waals surface area contributed by atoms with Gasteiger partial charge >= 0.3 is 0 Å². The van der Waals surface area contributed by atoms with Gasteiger partial charge < -0.3 is 4.74 Å². The van der Waals surface area contributed by atoms with Crippen LogP contribution in [0.1, 0.15) is 16.4 Å². The highest BCUT2D eigenvalue weighted by atomic mass is 35.5. The van der Waals surface area contributed by atoms with Gasteiger partial charge in [-0.05, 0) is 42.0 Å². The molecular formula is C22H19Cl2NO4S2. The van der Waals surface area contributed by atoms with Crippen molar-refractivity contribution in [3.63, 3.8) is 0 Å². The van der Waals surface area contributed by atoms with Crippen LogP contribution in [0.15, 0.2) is 77.7 Å². The zero-order chi connectivity index (χ0) is 22.4. The summed E-state index contributed by atoms with van der Waals surface area (Å²) in [5.41, 5.74) is 1.40. The van der Waals surface area contributed by atoms with Crippen molar-refractivity contribution in [1.82, 2.24) is 4.72 Å². The fraction of sp³-hybridized carbons (Fsp3) is 0.136. The van der Waals surface area contributed by atoms with Crippen LogP contribution in [0.3, 0.4) is 0 Å². The standard InChI is InChI=1S/C22H19Cl2NO4S2/c1-31(27,28)25-22(26)21(15-6-3-2-4-7-15)30-17-12-10-16(11-13-17)29-14-18-19(23)8-5-9-20(18)24/h2-13,21H,14H2,1H3,(H,25,26). The quantitative estimate of drug-likeness (QED) is 0.418. The highest BCUT2D eigenvalue weighted by Crippen LogP contribution is 2.36. The monoisotopic (exact) mass is 495 g/mol. The average molecular weight is 496 g/mol. The number of hydrogen-bond acceptors (Lipinski definition) is 5. The third-order valence-electron chi connectivity index (χ3n) is 4.15. The van der Waals surface area contributed by atoms with E-state index in [9.17, 15) is 13.2 Å². The Morgan fingerprint density at radius 3 is 2.16 bits per heavy atom. The van der Waals surface area contributed by atoms with Crippen LogP contribution in [-0.4, -0.2) is 20.6 Å². The molecular weight excluding hydrogens is 477 g/mol. The zero-order valence-electron chi connectivity index (χ0n) is 16.4. The summed E-state index contributed by atoms with van der Waals surface area (Å²) >= 11 is 13.6. The second-order valence-corrected chi connectivity index (χ2v) is 10.3. The third kappa shape index (κ3) is 6.90. The summed E-state index contributed by atoms with van der Waals surface area (Å²) < 4.78 is 30.9. The van der Waals surface area contributed by atoms with E-state index in [2.05, 4.69) is 4.72 Å². The Balaban J connectivity index is 1.73. The number of amides is 1. The number of benzene rings is 3.